The smallest absolute Gasteiger partial charge is 0.410 e. The summed E-state index contributed by atoms with van der Waals surface area (Å²) in [6, 6.07) is 14.3. The standard InChI is InChI=1S/C24H26FNO3/c1-16-10-11-18(14-22(16)25)23(27)19-12-20-8-5-9-21(13-19)26(20)24(28)29-15-17-6-3-2-4-7-17/h2-4,6-7,10-11,14,19-21H,5,8-9,12-13,15H2,1H3. The molecular weight excluding hydrogens is 369 g/mol. The Balaban J connectivity index is 1.43. The molecule has 29 heavy (non-hydrogen) atoms. The second kappa shape index (κ2) is 8.36. The van der Waals surface area contributed by atoms with Crippen molar-refractivity contribution < 1.29 is 18.7 Å². The average molecular weight is 395 g/mol. The third kappa shape index (κ3) is 4.19. The summed E-state index contributed by atoms with van der Waals surface area (Å²) in [7, 11) is 0. The molecule has 0 N–H and O–H groups in total. The summed E-state index contributed by atoms with van der Waals surface area (Å²) in [5.41, 5.74) is 1.92. The van der Waals surface area contributed by atoms with E-state index >= 15 is 0 Å². The van der Waals surface area contributed by atoms with Crippen LogP contribution in [0.5, 0.6) is 0 Å². The molecule has 4 nitrogen and oxygen atoms in total. The number of benzene rings is 2. The van der Waals surface area contributed by atoms with Crippen LogP contribution in [0.15, 0.2) is 48.5 Å². The van der Waals surface area contributed by atoms with Crippen LogP contribution in [0.4, 0.5) is 9.18 Å². The average Bonchev–Trinajstić information content (AvgIpc) is 2.73. The number of fused-ring (bicyclic) bond motifs is 2. The Kier molecular flexibility index (Phi) is 5.65. The van der Waals surface area contributed by atoms with Crippen molar-refractivity contribution in [2.24, 2.45) is 5.92 Å². The molecule has 4 rings (SSSR count). The van der Waals surface area contributed by atoms with Crippen LogP contribution in [0, 0.1) is 18.7 Å². The summed E-state index contributed by atoms with van der Waals surface area (Å²) in [5.74, 6) is -0.540. The molecular formula is C24H26FNO3. The van der Waals surface area contributed by atoms with Gasteiger partial charge in [0, 0.05) is 23.6 Å². The molecule has 0 saturated carbocycles. The normalized spacial score (nSPS) is 23.5. The predicted octanol–water partition coefficient (Wildman–Crippen LogP) is 5.29. The molecule has 0 spiro atoms. The minimum Gasteiger partial charge on any atom is -0.445 e. The number of carbonyl (C=O) groups excluding carboxylic acids is 2. The number of ketones is 1. The van der Waals surface area contributed by atoms with Crippen LogP contribution in [-0.2, 0) is 11.3 Å². The molecule has 2 aliphatic rings. The maximum Gasteiger partial charge on any atom is 0.410 e. The minimum atomic E-state index is -0.349. The zero-order chi connectivity index (χ0) is 20.4. The number of carbonyl (C=O) groups is 2. The Morgan fingerprint density at radius 1 is 1.07 bits per heavy atom. The molecule has 152 valence electrons. The number of nitrogens with zero attached hydrogens (tertiary/aromatic N) is 1. The van der Waals surface area contributed by atoms with Crippen molar-refractivity contribution in [1.29, 1.82) is 0 Å². The SMILES string of the molecule is Cc1ccc(C(=O)C2CC3CCCC(C2)N3C(=O)OCc2ccccc2)cc1F. The molecule has 2 atom stereocenters. The summed E-state index contributed by atoms with van der Waals surface area (Å²) in [6.45, 7) is 1.94. The molecule has 2 aliphatic heterocycles. The number of halogens is 1. The van der Waals surface area contributed by atoms with Gasteiger partial charge in [-0.2, -0.15) is 0 Å². The van der Waals surface area contributed by atoms with Gasteiger partial charge in [-0.05, 0) is 56.2 Å². The van der Waals surface area contributed by atoms with Crippen LogP contribution in [0.1, 0.15) is 53.6 Å². The summed E-state index contributed by atoms with van der Waals surface area (Å²) >= 11 is 0. The maximum atomic E-state index is 13.9. The number of hydrogen-bond donors (Lipinski definition) is 0. The van der Waals surface area contributed by atoms with Gasteiger partial charge in [0.2, 0.25) is 0 Å². The van der Waals surface area contributed by atoms with Gasteiger partial charge in [-0.1, -0.05) is 42.5 Å². The van der Waals surface area contributed by atoms with Crippen LogP contribution < -0.4 is 0 Å². The van der Waals surface area contributed by atoms with Crippen LogP contribution in [-0.4, -0.2) is 28.9 Å². The van der Waals surface area contributed by atoms with Crippen molar-refractivity contribution in [1.82, 2.24) is 4.90 Å². The van der Waals surface area contributed by atoms with Gasteiger partial charge < -0.3 is 9.64 Å². The summed E-state index contributed by atoms with van der Waals surface area (Å²) in [5, 5.41) is 0. The quantitative estimate of drug-likeness (QED) is 0.661. The van der Waals surface area contributed by atoms with Gasteiger partial charge in [0.05, 0.1) is 0 Å². The number of aryl methyl sites for hydroxylation is 1. The van der Waals surface area contributed by atoms with E-state index in [-0.39, 0.29) is 42.3 Å². The van der Waals surface area contributed by atoms with Gasteiger partial charge in [-0.25, -0.2) is 9.18 Å². The zero-order valence-corrected chi connectivity index (χ0v) is 16.6. The van der Waals surface area contributed by atoms with Gasteiger partial charge in [-0.3, -0.25) is 4.79 Å². The number of Topliss-reactive ketones (excluding diaryl/α,β-unsaturated/α-hetero) is 1. The summed E-state index contributed by atoms with van der Waals surface area (Å²) in [6.07, 6.45) is 3.75. The number of rotatable bonds is 4. The molecule has 2 aromatic rings. The third-order valence-corrected chi connectivity index (χ3v) is 6.22. The Bertz CT molecular complexity index is 884. The minimum absolute atomic E-state index is 0.00928. The van der Waals surface area contributed by atoms with Gasteiger partial charge >= 0.3 is 6.09 Å². The van der Waals surface area contributed by atoms with E-state index in [4.69, 9.17) is 4.74 Å². The van der Waals surface area contributed by atoms with Gasteiger partial charge in [-0.15, -0.1) is 0 Å². The Labute approximate surface area is 170 Å². The Morgan fingerprint density at radius 3 is 2.41 bits per heavy atom. The van der Waals surface area contributed by atoms with E-state index < -0.39 is 0 Å². The topological polar surface area (TPSA) is 46.6 Å². The highest BCUT2D eigenvalue weighted by Crippen LogP contribution is 2.39. The fraction of sp³-hybridized carbons (Fsp3) is 0.417. The number of piperidine rings is 2. The van der Waals surface area contributed by atoms with E-state index in [1.54, 1.807) is 19.1 Å². The lowest BCUT2D eigenvalue weighted by Gasteiger charge is -2.47. The lowest BCUT2D eigenvalue weighted by molar-refractivity contribution is 0.00472. The first kappa shape index (κ1) is 19.6. The van der Waals surface area contributed by atoms with Crippen molar-refractivity contribution in [2.75, 3.05) is 0 Å². The highest BCUT2D eigenvalue weighted by Gasteiger charge is 2.43. The first-order valence-corrected chi connectivity index (χ1v) is 10.3. The van der Waals surface area contributed by atoms with Crippen molar-refractivity contribution >= 4 is 11.9 Å². The van der Waals surface area contributed by atoms with Gasteiger partial charge in [0.1, 0.15) is 12.4 Å². The fourth-order valence-electron chi connectivity index (χ4n) is 4.67. The molecule has 1 amide bonds. The first-order chi connectivity index (χ1) is 14.0. The monoisotopic (exact) mass is 395 g/mol. The third-order valence-electron chi connectivity index (χ3n) is 6.22. The lowest BCUT2D eigenvalue weighted by Crippen LogP contribution is -2.55. The van der Waals surface area contributed by atoms with Crippen LogP contribution in [0.25, 0.3) is 0 Å². The molecule has 2 unspecified atom stereocenters. The van der Waals surface area contributed by atoms with E-state index in [0.717, 1.165) is 24.8 Å². The van der Waals surface area contributed by atoms with Crippen LogP contribution in [0.3, 0.4) is 0 Å². The molecule has 0 aliphatic carbocycles. The second-order valence-electron chi connectivity index (χ2n) is 8.18. The van der Waals surface area contributed by atoms with Gasteiger partial charge in [0.25, 0.3) is 0 Å². The lowest BCUT2D eigenvalue weighted by atomic mass is 9.76. The number of hydrogen-bond acceptors (Lipinski definition) is 3. The fourth-order valence-corrected chi connectivity index (χ4v) is 4.67. The van der Waals surface area contributed by atoms with E-state index in [0.29, 0.717) is 24.0 Å². The first-order valence-electron chi connectivity index (χ1n) is 10.3. The zero-order valence-electron chi connectivity index (χ0n) is 16.6. The van der Waals surface area contributed by atoms with E-state index in [9.17, 15) is 14.0 Å². The second-order valence-corrected chi connectivity index (χ2v) is 8.18. The van der Waals surface area contributed by atoms with E-state index in [2.05, 4.69) is 0 Å². The molecule has 2 saturated heterocycles. The number of ether oxygens (including phenoxy) is 1. The number of amides is 1. The van der Waals surface area contributed by atoms with Crippen LogP contribution >= 0.6 is 0 Å². The molecule has 0 aromatic heterocycles. The van der Waals surface area contributed by atoms with E-state index in [1.165, 1.54) is 6.07 Å². The molecule has 2 bridgehead atoms. The molecule has 2 heterocycles. The predicted molar refractivity (Wildman–Crippen MR) is 108 cm³/mol. The van der Waals surface area contributed by atoms with Crippen molar-refractivity contribution in [2.45, 2.75) is 57.7 Å². The highest BCUT2D eigenvalue weighted by molar-refractivity contribution is 5.98. The largest absolute Gasteiger partial charge is 0.445 e. The molecule has 2 fully saturated rings. The summed E-state index contributed by atoms with van der Waals surface area (Å²) in [4.78, 5) is 27.6. The highest BCUT2D eigenvalue weighted by atomic mass is 19.1. The van der Waals surface area contributed by atoms with E-state index in [1.807, 2.05) is 35.2 Å². The molecule has 5 heteroatoms. The van der Waals surface area contributed by atoms with Crippen LogP contribution in [0.2, 0.25) is 0 Å². The Hall–Kier alpha value is -2.69. The van der Waals surface area contributed by atoms with Crippen molar-refractivity contribution in [3.63, 3.8) is 0 Å². The molecule has 0 radical (unpaired) electrons. The van der Waals surface area contributed by atoms with Gasteiger partial charge in [0.15, 0.2) is 5.78 Å². The molecule has 2 aromatic carbocycles. The van der Waals surface area contributed by atoms with Crippen molar-refractivity contribution in [3.05, 3.63) is 71.0 Å². The van der Waals surface area contributed by atoms with Crippen molar-refractivity contribution in [3.8, 4) is 0 Å². The Morgan fingerprint density at radius 2 is 1.76 bits per heavy atom. The summed E-state index contributed by atoms with van der Waals surface area (Å²) < 4.78 is 19.5. The maximum absolute atomic E-state index is 13.9.